The van der Waals surface area contributed by atoms with Gasteiger partial charge in [-0.1, -0.05) is 0 Å². The lowest BCUT2D eigenvalue weighted by atomic mass is 9.93. The number of hydrogen-bond donors (Lipinski definition) is 2. The molecule has 1 fully saturated rings. The van der Waals surface area contributed by atoms with Crippen molar-refractivity contribution in [3.8, 4) is 0 Å². The molecule has 1 saturated heterocycles. The van der Waals surface area contributed by atoms with Crippen molar-refractivity contribution in [3.63, 3.8) is 0 Å². The number of amides is 1. The first-order chi connectivity index (χ1) is 9.58. The third kappa shape index (κ3) is 3.82. The Kier molecular flexibility index (Phi) is 5.17. The zero-order valence-corrected chi connectivity index (χ0v) is 12.8. The molecule has 1 amide bonds. The second-order valence-electron chi connectivity index (χ2n) is 5.83. The fourth-order valence-electron chi connectivity index (χ4n) is 2.84. The minimum atomic E-state index is 0.0317. The largest absolute Gasteiger partial charge is 0.349 e. The van der Waals surface area contributed by atoms with Crippen molar-refractivity contribution in [2.45, 2.75) is 45.6 Å². The van der Waals surface area contributed by atoms with Crippen molar-refractivity contribution < 1.29 is 4.79 Å². The van der Waals surface area contributed by atoms with E-state index in [1.807, 2.05) is 31.8 Å². The monoisotopic (exact) mass is 278 g/mol. The van der Waals surface area contributed by atoms with E-state index in [0.29, 0.717) is 12.3 Å². The number of aromatic nitrogens is 2. The van der Waals surface area contributed by atoms with E-state index in [2.05, 4.69) is 15.7 Å². The van der Waals surface area contributed by atoms with E-state index in [1.54, 1.807) is 0 Å². The Bertz CT molecular complexity index is 449. The van der Waals surface area contributed by atoms with Crippen LogP contribution in [0.15, 0.2) is 6.20 Å². The summed E-state index contributed by atoms with van der Waals surface area (Å²) in [5.41, 5.74) is 2.21. The highest BCUT2D eigenvalue weighted by Crippen LogP contribution is 2.19. The second-order valence-corrected chi connectivity index (χ2v) is 5.83. The molecule has 0 spiro atoms. The highest BCUT2D eigenvalue weighted by atomic mass is 16.1. The van der Waals surface area contributed by atoms with Gasteiger partial charge in [-0.25, -0.2) is 0 Å². The summed E-state index contributed by atoms with van der Waals surface area (Å²) < 4.78 is 1.84. The van der Waals surface area contributed by atoms with Crippen molar-refractivity contribution in [1.82, 2.24) is 20.4 Å². The SMILES string of the molecule is Cc1c(C(C)NC(=O)CCC2CCNCC2)cnn1C. The van der Waals surface area contributed by atoms with Crippen molar-refractivity contribution in [3.05, 3.63) is 17.5 Å². The average Bonchev–Trinajstić information content (AvgIpc) is 2.78. The first kappa shape index (κ1) is 15.0. The zero-order chi connectivity index (χ0) is 14.5. The molecule has 2 heterocycles. The number of nitrogens with zero attached hydrogens (tertiary/aromatic N) is 2. The topological polar surface area (TPSA) is 59.0 Å². The molecule has 112 valence electrons. The lowest BCUT2D eigenvalue weighted by Gasteiger charge is -2.22. The standard InChI is InChI=1S/C15H26N4O/c1-11(14-10-17-19(3)12(14)2)18-15(20)5-4-13-6-8-16-9-7-13/h10-11,13,16H,4-9H2,1-3H3,(H,18,20). The summed E-state index contributed by atoms with van der Waals surface area (Å²) in [6.45, 7) is 6.24. The number of hydrogen-bond acceptors (Lipinski definition) is 3. The molecule has 0 aliphatic carbocycles. The summed E-state index contributed by atoms with van der Waals surface area (Å²) in [6, 6.07) is 0.0317. The van der Waals surface area contributed by atoms with Crippen LogP contribution in [-0.2, 0) is 11.8 Å². The van der Waals surface area contributed by atoms with Crippen LogP contribution in [0.5, 0.6) is 0 Å². The Balaban J connectivity index is 1.77. The number of carbonyl (C=O) groups is 1. The molecule has 1 atom stereocenters. The molecule has 0 aromatic carbocycles. The van der Waals surface area contributed by atoms with Crippen LogP contribution in [0, 0.1) is 12.8 Å². The summed E-state index contributed by atoms with van der Waals surface area (Å²) in [4.78, 5) is 12.0. The van der Waals surface area contributed by atoms with Crippen LogP contribution in [-0.4, -0.2) is 28.8 Å². The Morgan fingerprint density at radius 3 is 2.85 bits per heavy atom. The van der Waals surface area contributed by atoms with Gasteiger partial charge in [0.15, 0.2) is 0 Å². The van der Waals surface area contributed by atoms with E-state index in [1.165, 1.54) is 12.8 Å². The van der Waals surface area contributed by atoms with Gasteiger partial charge in [-0.3, -0.25) is 9.48 Å². The van der Waals surface area contributed by atoms with Gasteiger partial charge in [-0.2, -0.15) is 5.10 Å². The summed E-state index contributed by atoms with van der Waals surface area (Å²) in [5.74, 6) is 0.858. The van der Waals surface area contributed by atoms with Crippen LogP contribution in [0.4, 0.5) is 0 Å². The van der Waals surface area contributed by atoms with E-state index < -0.39 is 0 Å². The summed E-state index contributed by atoms with van der Waals surface area (Å²) in [7, 11) is 1.92. The second kappa shape index (κ2) is 6.88. The van der Waals surface area contributed by atoms with Gasteiger partial charge in [0.25, 0.3) is 0 Å². The Labute approximate surface area is 121 Å². The van der Waals surface area contributed by atoms with Gasteiger partial charge in [0.05, 0.1) is 12.2 Å². The van der Waals surface area contributed by atoms with E-state index in [0.717, 1.165) is 30.8 Å². The number of nitrogens with one attached hydrogen (secondary N) is 2. The molecule has 0 bridgehead atoms. The molecule has 1 aromatic heterocycles. The Hall–Kier alpha value is -1.36. The van der Waals surface area contributed by atoms with E-state index in [9.17, 15) is 4.79 Å². The first-order valence-corrected chi connectivity index (χ1v) is 7.56. The summed E-state index contributed by atoms with van der Waals surface area (Å²) in [5, 5.41) is 10.7. The molecular weight excluding hydrogens is 252 g/mol. The van der Waals surface area contributed by atoms with Gasteiger partial charge in [-0.15, -0.1) is 0 Å². The lowest BCUT2D eigenvalue weighted by molar-refractivity contribution is -0.122. The van der Waals surface area contributed by atoms with Crippen LogP contribution >= 0.6 is 0 Å². The Morgan fingerprint density at radius 2 is 2.25 bits per heavy atom. The molecular formula is C15H26N4O. The summed E-state index contributed by atoms with van der Waals surface area (Å²) >= 11 is 0. The minimum absolute atomic E-state index is 0.0317. The van der Waals surface area contributed by atoms with Gasteiger partial charge in [0, 0.05) is 24.7 Å². The zero-order valence-electron chi connectivity index (χ0n) is 12.8. The van der Waals surface area contributed by atoms with E-state index in [4.69, 9.17) is 0 Å². The van der Waals surface area contributed by atoms with E-state index >= 15 is 0 Å². The number of aryl methyl sites for hydroxylation is 1. The van der Waals surface area contributed by atoms with Gasteiger partial charge < -0.3 is 10.6 Å². The first-order valence-electron chi connectivity index (χ1n) is 7.56. The van der Waals surface area contributed by atoms with Crippen LogP contribution in [0.2, 0.25) is 0 Å². The molecule has 5 nitrogen and oxygen atoms in total. The van der Waals surface area contributed by atoms with Crippen molar-refractivity contribution in [1.29, 1.82) is 0 Å². The van der Waals surface area contributed by atoms with Crippen LogP contribution in [0.3, 0.4) is 0 Å². The van der Waals surface area contributed by atoms with Gasteiger partial charge in [0.1, 0.15) is 0 Å². The Morgan fingerprint density at radius 1 is 1.55 bits per heavy atom. The minimum Gasteiger partial charge on any atom is -0.349 e. The molecule has 20 heavy (non-hydrogen) atoms. The maximum absolute atomic E-state index is 12.0. The number of carbonyl (C=O) groups excluding carboxylic acids is 1. The molecule has 1 aliphatic rings. The van der Waals surface area contributed by atoms with E-state index in [-0.39, 0.29) is 11.9 Å². The summed E-state index contributed by atoms with van der Waals surface area (Å²) in [6.07, 6.45) is 5.88. The average molecular weight is 278 g/mol. The predicted octanol–water partition coefficient (Wildman–Crippen LogP) is 1.69. The maximum Gasteiger partial charge on any atom is 0.220 e. The lowest BCUT2D eigenvalue weighted by Crippen LogP contribution is -2.30. The smallest absolute Gasteiger partial charge is 0.220 e. The quantitative estimate of drug-likeness (QED) is 0.861. The van der Waals surface area contributed by atoms with Crippen molar-refractivity contribution in [2.24, 2.45) is 13.0 Å². The van der Waals surface area contributed by atoms with Crippen LogP contribution in [0.25, 0.3) is 0 Å². The number of rotatable bonds is 5. The van der Waals surface area contributed by atoms with Crippen molar-refractivity contribution >= 4 is 5.91 Å². The fourth-order valence-corrected chi connectivity index (χ4v) is 2.84. The molecule has 0 saturated carbocycles. The third-order valence-corrected chi connectivity index (χ3v) is 4.36. The van der Waals surface area contributed by atoms with Gasteiger partial charge in [0.2, 0.25) is 5.91 Å². The number of piperidine rings is 1. The highest BCUT2D eigenvalue weighted by molar-refractivity contribution is 5.76. The van der Waals surface area contributed by atoms with Crippen molar-refractivity contribution in [2.75, 3.05) is 13.1 Å². The van der Waals surface area contributed by atoms with Crippen LogP contribution < -0.4 is 10.6 Å². The third-order valence-electron chi connectivity index (χ3n) is 4.36. The molecule has 0 radical (unpaired) electrons. The molecule has 2 rings (SSSR count). The highest BCUT2D eigenvalue weighted by Gasteiger charge is 2.17. The van der Waals surface area contributed by atoms with Gasteiger partial charge in [-0.05, 0) is 52.1 Å². The maximum atomic E-state index is 12.0. The normalized spacial score (nSPS) is 17.9. The predicted molar refractivity (Wildman–Crippen MR) is 79.3 cm³/mol. The van der Waals surface area contributed by atoms with Gasteiger partial charge >= 0.3 is 0 Å². The molecule has 1 aromatic rings. The molecule has 1 unspecified atom stereocenters. The van der Waals surface area contributed by atoms with Crippen LogP contribution in [0.1, 0.15) is 49.9 Å². The fraction of sp³-hybridized carbons (Fsp3) is 0.733. The molecule has 2 N–H and O–H groups in total. The molecule has 1 aliphatic heterocycles. The molecule has 5 heteroatoms.